The molecule has 3 aromatic carbocycles. The first-order chi connectivity index (χ1) is 16.2. The van der Waals surface area contributed by atoms with E-state index in [1.54, 1.807) is 37.2 Å². The zero-order chi connectivity index (χ0) is 23.0. The molecule has 1 saturated heterocycles. The first kappa shape index (κ1) is 22.6. The van der Waals surface area contributed by atoms with Gasteiger partial charge in [-0.3, -0.25) is 9.59 Å². The normalized spacial score (nSPS) is 15.7. The SMILES string of the molecule is COc1ccccc1/C=N\NC(=O)c1ccc([C@@H]2SCC(=O)N2CCc2ccccc2)cc1. The van der Waals surface area contributed by atoms with Gasteiger partial charge in [0.25, 0.3) is 5.91 Å². The predicted molar refractivity (Wildman–Crippen MR) is 132 cm³/mol. The Morgan fingerprint density at radius 3 is 2.58 bits per heavy atom. The quantitative estimate of drug-likeness (QED) is 0.403. The number of nitrogens with zero attached hydrogens (tertiary/aromatic N) is 2. The summed E-state index contributed by atoms with van der Waals surface area (Å²) in [6, 6.07) is 24.9. The van der Waals surface area contributed by atoms with E-state index in [1.165, 1.54) is 5.56 Å². The summed E-state index contributed by atoms with van der Waals surface area (Å²) in [5.74, 6) is 0.997. The van der Waals surface area contributed by atoms with Crippen LogP contribution in [0.15, 0.2) is 84.0 Å². The Morgan fingerprint density at radius 1 is 1.09 bits per heavy atom. The number of nitrogens with one attached hydrogen (secondary N) is 1. The molecule has 168 valence electrons. The lowest BCUT2D eigenvalue weighted by Crippen LogP contribution is -2.30. The van der Waals surface area contributed by atoms with E-state index in [9.17, 15) is 9.59 Å². The smallest absolute Gasteiger partial charge is 0.271 e. The molecule has 0 radical (unpaired) electrons. The molecule has 6 nitrogen and oxygen atoms in total. The summed E-state index contributed by atoms with van der Waals surface area (Å²) < 4.78 is 5.27. The number of benzene rings is 3. The van der Waals surface area contributed by atoms with Gasteiger partial charge in [-0.1, -0.05) is 54.6 Å². The molecule has 1 fully saturated rings. The number of amides is 2. The van der Waals surface area contributed by atoms with Crippen LogP contribution in [0.1, 0.15) is 32.4 Å². The number of hydrogen-bond acceptors (Lipinski definition) is 5. The number of ether oxygens (including phenoxy) is 1. The van der Waals surface area contributed by atoms with Gasteiger partial charge in [0.15, 0.2) is 0 Å². The van der Waals surface area contributed by atoms with Crippen molar-refractivity contribution in [3.05, 3.63) is 101 Å². The molecule has 0 aromatic heterocycles. The molecule has 0 bridgehead atoms. The van der Waals surface area contributed by atoms with Crippen LogP contribution in [0, 0.1) is 0 Å². The molecule has 0 unspecified atom stereocenters. The zero-order valence-electron chi connectivity index (χ0n) is 18.3. The van der Waals surface area contributed by atoms with Gasteiger partial charge in [0, 0.05) is 17.7 Å². The summed E-state index contributed by atoms with van der Waals surface area (Å²) in [5.41, 5.74) is 6.04. The second-order valence-corrected chi connectivity index (χ2v) is 8.62. The zero-order valence-corrected chi connectivity index (χ0v) is 19.1. The topological polar surface area (TPSA) is 71.0 Å². The Bertz CT molecular complexity index is 1130. The van der Waals surface area contributed by atoms with Crippen LogP contribution in [0.3, 0.4) is 0 Å². The van der Waals surface area contributed by atoms with Crippen LogP contribution in [-0.2, 0) is 11.2 Å². The van der Waals surface area contributed by atoms with Crippen molar-refractivity contribution in [2.75, 3.05) is 19.4 Å². The molecule has 0 aliphatic carbocycles. The maximum absolute atomic E-state index is 12.5. The molecule has 33 heavy (non-hydrogen) atoms. The van der Waals surface area contributed by atoms with Crippen molar-refractivity contribution in [2.24, 2.45) is 5.10 Å². The number of hydrazone groups is 1. The average Bonchev–Trinajstić information content (AvgIpc) is 3.23. The molecule has 0 spiro atoms. The van der Waals surface area contributed by atoms with Crippen LogP contribution in [0.25, 0.3) is 0 Å². The second kappa shape index (κ2) is 10.8. The fourth-order valence-electron chi connectivity index (χ4n) is 3.66. The number of carbonyl (C=O) groups is 2. The third-order valence-electron chi connectivity index (χ3n) is 5.42. The first-order valence-corrected chi connectivity index (χ1v) is 11.7. The van der Waals surface area contributed by atoms with Gasteiger partial charge >= 0.3 is 0 Å². The molecule has 3 aromatic rings. The highest BCUT2D eigenvalue weighted by Crippen LogP contribution is 2.38. The Hall–Kier alpha value is -3.58. The van der Waals surface area contributed by atoms with Crippen LogP contribution in [0.4, 0.5) is 0 Å². The van der Waals surface area contributed by atoms with E-state index in [2.05, 4.69) is 22.7 Å². The van der Waals surface area contributed by atoms with E-state index < -0.39 is 0 Å². The maximum atomic E-state index is 12.5. The van der Waals surface area contributed by atoms with Crippen molar-refractivity contribution >= 4 is 29.8 Å². The van der Waals surface area contributed by atoms with Crippen molar-refractivity contribution < 1.29 is 14.3 Å². The monoisotopic (exact) mass is 459 g/mol. The molecule has 1 heterocycles. The highest BCUT2D eigenvalue weighted by atomic mass is 32.2. The van der Waals surface area contributed by atoms with Crippen molar-refractivity contribution in [3.63, 3.8) is 0 Å². The molecular weight excluding hydrogens is 434 g/mol. The first-order valence-electron chi connectivity index (χ1n) is 10.7. The number of carbonyl (C=O) groups excluding carboxylic acids is 2. The predicted octanol–water partition coefficient (Wildman–Crippen LogP) is 4.28. The van der Waals surface area contributed by atoms with E-state index in [0.717, 1.165) is 17.5 Å². The summed E-state index contributed by atoms with van der Waals surface area (Å²) in [6.45, 7) is 0.667. The van der Waals surface area contributed by atoms with Gasteiger partial charge in [0.1, 0.15) is 11.1 Å². The number of methoxy groups -OCH3 is 1. The van der Waals surface area contributed by atoms with Crippen LogP contribution in [0.5, 0.6) is 5.75 Å². The standard InChI is InChI=1S/C26H25N3O3S/c1-32-23-10-6-5-9-22(23)17-27-28-25(31)20-11-13-21(14-12-20)26-29(24(30)18-33-26)16-15-19-7-3-2-4-8-19/h2-14,17,26H,15-16,18H2,1H3,(H,28,31)/b27-17-/t26-/m0/s1. The summed E-state index contributed by atoms with van der Waals surface area (Å²) in [6.07, 6.45) is 2.37. The van der Waals surface area contributed by atoms with Gasteiger partial charge in [-0.2, -0.15) is 5.10 Å². The van der Waals surface area contributed by atoms with Gasteiger partial charge in [-0.15, -0.1) is 11.8 Å². The number of thioether (sulfide) groups is 1. The summed E-state index contributed by atoms with van der Waals surface area (Å²) in [7, 11) is 1.59. The number of para-hydroxylation sites is 1. The Kier molecular flexibility index (Phi) is 7.42. The molecule has 2 amide bonds. The Labute approximate surface area is 197 Å². The minimum atomic E-state index is -0.302. The van der Waals surface area contributed by atoms with Crippen LogP contribution in [-0.4, -0.2) is 42.3 Å². The highest BCUT2D eigenvalue weighted by Gasteiger charge is 2.32. The van der Waals surface area contributed by atoms with E-state index >= 15 is 0 Å². The molecule has 1 N–H and O–H groups in total. The molecular formula is C26H25N3O3S. The highest BCUT2D eigenvalue weighted by molar-refractivity contribution is 8.00. The molecule has 4 rings (SSSR count). The lowest BCUT2D eigenvalue weighted by Gasteiger charge is -2.24. The van der Waals surface area contributed by atoms with E-state index in [1.807, 2.05) is 59.5 Å². The molecule has 1 atom stereocenters. The van der Waals surface area contributed by atoms with Gasteiger partial charge in [0.05, 0.1) is 19.1 Å². The maximum Gasteiger partial charge on any atom is 0.271 e. The van der Waals surface area contributed by atoms with Crippen molar-refractivity contribution in [3.8, 4) is 5.75 Å². The van der Waals surface area contributed by atoms with Gasteiger partial charge in [-0.05, 0) is 41.8 Å². The van der Waals surface area contributed by atoms with E-state index in [-0.39, 0.29) is 17.2 Å². The lowest BCUT2D eigenvalue weighted by atomic mass is 10.1. The number of rotatable bonds is 8. The largest absolute Gasteiger partial charge is 0.496 e. The minimum Gasteiger partial charge on any atom is -0.496 e. The Balaban J connectivity index is 1.38. The van der Waals surface area contributed by atoms with Crippen molar-refractivity contribution in [1.82, 2.24) is 10.3 Å². The summed E-state index contributed by atoms with van der Waals surface area (Å²) in [4.78, 5) is 26.8. The molecule has 0 saturated carbocycles. The van der Waals surface area contributed by atoms with Crippen molar-refractivity contribution in [2.45, 2.75) is 11.8 Å². The van der Waals surface area contributed by atoms with Crippen molar-refractivity contribution in [1.29, 1.82) is 0 Å². The summed E-state index contributed by atoms with van der Waals surface area (Å²) in [5, 5.41) is 4.00. The third-order valence-corrected chi connectivity index (χ3v) is 6.67. The second-order valence-electron chi connectivity index (χ2n) is 7.55. The minimum absolute atomic E-state index is 0.0399. The molecule has 1 aliphatic rings. The van der Waals surface area contributed by atoms with E-state index in [0.29, 0.717) is 23.6 Å². The van der Waals surface area contributed by atoms with Crippen LogP contribution >= 0.6 is 11.8 Å². The number of hydrogen-bond donors (Lipinski definition) is 1. The van der Waals surface area contributed by atoms with E-state index in [4.69, 9.17) is 4.74 Å². The van der Waals surface area contributed by atoms with Gasteiger partial charge < -0.3 is 9.64 Å². The van der Waals surface area contributed by atoms with Crippen LogP contribution < -0.4 is 10.2 Å². The Morgan fingerprint density at radius 2 is 1.82 bits per heavy atom. The average molecular weight is 460 g/mol. The third kappa shape index (κ3) is 5.62. The van der Waals surface area contributed by atoms with Gasteiger partial charge in [-0.25, -0.2) is 5.43 Å². The van der Waals surface area contributed by atoms with Crippen LogP contribution in [0.2, 0.25) is 0 Å². The molecule has 1 aliphatic heterocycles. The molecule has 7 heteroatoms. The van der Waals surface area contributed by atoms with Gasteiger partial charge in [0.2, 0.25) is 5.91 Å². The summed E-state index contributed by atoms with van der Waals surface area (Å²) >= 11 is 1.62. The lowest BCUT2D eigenvalue weighted by molar-refractivity contribution is -0.128. The fraction of sp³-hybridized carbons (Fsp3) is 0.192. The fourth-order valence-corrected chi connectivity index (χ4v) is 4.88.